The highest BCUT2D eigenvalue weighted by Gasteiger charge is 2.18. The number of amides is 2. The normalized spacial score (nSPS) is 11.7. The average molecular weight is 283 g/mol. The Morgan fingerprint density at radius 2 is 1.79 bits per heavy atom. The predicted molar refractivity (Wildman–Crippen MR) is 76.0 cm³/mol. The second-order valence-electron chi connectivity index (χ2n) is 4.06. The minimum Gasteiger partial charge on any atom is -0.345 e. The number of rotatable bonds is 6. The molecular weight excluding hydrogens is 264 g/mol. The highest BCUT2D eigenvalue weighted by atomic mass is 35.5. The van der Waals surface area contributed by atoms with Crippen LogP contribution in [0.1, 0.15) is 24.8 Å². The van der Waals surface area contributed by atoms with E-state index < -0.39 is 5.38 Å². The van der Waals surface area contributed by atoms with Gasteiger partial charge in [0, 0.05) is 13.1 Å². The molecule has 104 valence electrons. The number of benzene rings is 1. The molecular formula is C14H19ClN2O2. The molecule has 1 N–H and O–H groups in total. The fourth-order valence-electron chi connectivity index (χ4n) is 1.71. The van der Waals surface area contributed by atoms with E-state index in [0.29, 0.717) is 13.1 Å². The second kappa shape index (κ2) is 7.79. The lowest BCUT2D eigenvalue weighted by atomic mass is 10.1. The largest absolute Gasteiger partial charge is 0.345 e. The maximum absolute atomic E-state index is 11.8. The zero-order valence-corrected chi connectivity index (χ0v) is 12.0. The number of carbonyl (C=O) groups excluding carboxylic acids is 2. The van der Waals surface area contributed by atoms with Crippen LogP contribution < -0.4 is 5.32 Å². The summed E-state index contributed by atoms with van der Waals surface area (Å²) < 4.78 is 0. The van der Waals surface area contributed by atoms with Gasteiger partial charge < -0.3 is 10.2 Å². The first kappa shape index (κ1) is 15.5. The van der Waals surface area contributed by atoms with Gasteiger partial charge in [-0.1, -0.05) is 30.3 Å². The number of likely N-dealkylation sites (N-methyl/N-ethyl adjacent to an activating group) is 1. The highest BCUT2D eigenvalue weighted by molar-refractivity contribution is 6.30. The van der Waals surface area contributed by atoms with E-state index in [1.54, 1.807) is 17.0 Å². The maximum Gasteiger partial charge on any atom is 0.243 e. The van der Waals surface area contributed by atoms with E-state index >= 15 is 0 Å². The summed E-state index contributed by atoms with van der Waals surface area (Å²) in [5, 5.41) is 1.80. The summed E-state index contributed by atoms with van der Waals surface area (Å²) in [5.41, 5.74) is 0.719. The van der Waals surface area contributed by atoms with Crippen LogP contribution in [-0.4, -0.2) is 36.3 Å². The molecule has 0 fully saturated rings. The monoisotopic (exact) mass is 282 g/mol. The van der Waals surface area contributed by atoms with Crippen LogP contribution in [0.15, 0.2) is 30.3 Å². The third-order valence-electron chi connectivity index (χ3n) is 2.85. The lowest BCUT2D eigenvalue weighted by molar-refractivity contribution is -0.132. The molecule has 19 heavy (non-hydrogen) atoms. The summed E-state index contributed by atoms with van der Waals surface area (Å²) in [4.78, 5) is 25.2. The minimum absolute atomic E-state index is 0.0173. The van der Waals surface area contributed by atoms with Crippen LogP contribution in [0, 0.1) is 0 Å². The molecule has 0 saturated heterocycles. The van der Waals surface area contributed by atoms with Crippen molar-refractivity contribution in [1.82, 2.24) is 10.2 Å². The van der Waals surface area contributed by atoms with Crippen LogP contribution in [0.4, 0.5) is 0 Å². The van der Waals surface area contributed by atoms with E-state index in [1.807, 2.05) is 32.0 Å². The molecule has 5 heteroatoms. The van der Waals surface area contributed by atoms with E-state index in [2.05, 4.69) is 5.32 Å². The average Bonchev–Trinajstić information content (AvgIpc) is 2.46. The summed E-state index contributed by atoms with van der Waals surface area (Å²) in [7, 11) is 0. The Bertz CT molecular complexity index is 419. The van der Waals surface area contributed by atoms with Gasteiger partial charge in [-0.3, -0.25) is 9.59 Å². The Hall–Kier alpha value is -1.55. The Morgan fingerprint density at radius 3 is 2.32 bits per heavy atom. The maximum atomic E-state index is 11.8. The zero-order valence-electron chi connectivity index (χ0n) is 11.2. The van der Waals surface area contributed by atoms with Crippen molar-refractivity contribution in [3.05, 3.63) is 35.9 Å². The standard InChI is InChI=1S/C14H19ClN2O2/c1-3-17(4-2)12(18)10-16-14(19)13(15)11-8-6-5-7-9-11/h5-9,13H,3-4,10H2,1-2H3,(H,16,19). The molecule has 1 aromatic rings. The van der Waals surface area contributed by atoms with Gasteiger partial charge in [-0.25, -0.2) is 0 Å². The van der Waals surface area contributed by atoms with Crippen LogP contribution >= 0.6 is 11.6 Å². The van der Waals surface area contributed by atoms with Crippen LogP contribution in [0.5, 0.6) is 0 Å². The summed E-state index contributed by atoms with van der Waals surface area (Å²) in [6.07, 6.45) is 0. The molecule has 1 aromatic carbocycles. The molecule has 0 radical (unpaired) electrons. The van der Waals surface area contributed by atoms with Crippen LogP contribution in [0.25, 0.3) is 0 Å². The van der Waals surface area contributed by atoms with Gasteiger partial charge in [0.25, 0.3) is 0 Å². The Kier molecular flexibility index (Phi) is 6.36. The van der Waals surface area contributed by atoms with Gasteiger partial charge in [0.2, 0.25) is 11.8 Å². The molecule has 1 unspecified atom stereocenters. The number of alkyl halides is 1. The zero-order chi connectivity index (χ0) is 14.3. The molecule has 2 amide bonds. The van der Waals surface area contributed by atoms with E-state index in [-0.39, 0.29) is 18.4 Å². The van der Waals surface area contributed by atoms with Gasteiger partial charge in [-0.05, 0) is 19.4 Å². The summed E-state index contributed by atoms with van der Waals surface area (Å²) >= 11 is 6.05. The van der Waals surface area contributed by atoms with E-state index in [4.69, 9.17) is 11.6 Å². The minimum atomic E-state index is -0.772. The molecule has 1 rings (SSSR count). The first-order valence-corrected chi connectivity index (χ1v) is 6.78. The quantitative estimate of drug-likeness (QED) is 0.811. The molecule has 0 saturated carbocycles. The lowest BCUT2D eigenvalue weighted by Crippen LogP contribution is -2.40. The summed E-state index contributed by atoms with van der Waals surface area (Å²) in [6, 6.07) is 9.06. The summed E-state index contributed by atoms with van der Waals surface area (Å²) in [5.74, 6) is -0.455. The number of hydrogen-bond acceptors (Lipinski definition) is 2. The molecule has 0 aliphatic rings. The second-order valence-corrected chi connectivity index (χ2v) is 4.49. The first-order valence-electron chi connectivity index (χ1n) is 6.34. The van der Waals surface area contributed by atoms with Crippen molar-refractivity contribution in [2.24, 2.45) is 0 Å². The lowest BCUT2D eigenvalue weighted by Gasteiger charge is -2.19. The first-order chi connectivity index (χ1) is 9.10. The molecule has 0 heterocycles. The van der Waals surface area contributed by atoms with Crippen molar-refractivity contribution in [2.45, 2.75) is 19.2 Å². The summed E-state index contributed by atoms with van der Waals surface area (Å²) in [6.45, 7) is 5.05. The fourth-order valence-corrected chi connectivity index (χ4v) is 1.94. The molecule has 0 aliphatic heterocycles. The molecule has 4 nitrogen and oxygen atoms in total. The number of nitrogens with zero attached hydrogens (tertiary/aromatic N) is 1. The highest BCUT2D eigenvalue weighted by Crippen LogP contribution is 2.19. The topological polar surface area (TPSA) is 49.4 Å². The van der Waals surface area contributed by atoms with Gasteiger partial charge in [0.05, 0.1) is 6.54 Å². The van der Waals surface area contributed by atoms with Gasteiger partial charge in [-0.15, -0.1) is 11.6 Å². The Balaban J connectivity index is 2.50. The van der Waals surface area contributed by atoms with Crippen LogP contribution in [0.3, 0.4) is 0 Å². The molecule has 1 atom stereocenters. The number of halogens is 1. The molecule has 0 spiro atoms. The van der Waals surface area contributed by atoms with Gasteiger partial charge in [-0.2, -0.15) is 0 Å². The van der Waals surface area contributed by atoms with Crippen LogP contribution in [0.2, 0.25) is 0 Å². The SMILES string of the molecule is CCN(CC)C(=O)CNC(=O)C(Cl)c1ccccc1. The molecule has 0 bridgehead atoms. The number of hydrogen-bond donors (Lipinski definition) is 1. The third-order valence-corrected chi connectivity index (χ3v) is 3.30. The number of nitrogens with one attached hydrogen (secondary N) is 1. The smallest absolute Gasteiger partial charge is 0.243 e. The van der Waals surface area contributed by atoms with E-state index in [9.17, 15) is 9.59 Å². The van der Waals surface area contributed by atoms with Crippen molar-refractivity contribution in [1.29, 1.82) is 0 Å². The van der Waals surface area contributed by atoms with Crippen molar-refractivity contribution in [3.63, 3.8) is 0 Å². The van der Waals surface area contributed by atoms with Crippen LogP contribution in [-0.2, 0) is 9.59 Å². The molecule has 0 aliphatic carbocycles. The van der Waals surface area contributed by atoms with Crippen molar-refractivity contribution < 1.29 is 9.59 Å². The third kappa shape index (κ3) is 4.56. The fraction of sp³-hybridized carbons (Fsp3) is 0.429. The molecule has 0 aromatic heterocycles. The van der Waals surface area contributed by atoms with Gasteiger partial charge in [0.1, 0.15) is 5.38 Å². The predicted octanol–water partition coefficient (Wildman–Crippen LogP) is 1.95. The van der Waals surface area contributed by atoms with E-state index in [0.717, 1.165) is 5.56 Å². The van der Waals surface area contributed by atoms with Crippen molar-refractivity contribution in [2.75, 3.05) is 19.6 Å². The number of carbonyl (C=O) groups is 2. The van der Waals surface area contributed by atoms with Gasteiger partial charge in [0.15, 0.2) is 0 Å². The Morgan fingerprint density at radius 1 is 1.21 bits per heavy atom. The van der Waals surface area contributed by atoms with Crippen molar-refractivity contribution >= 4 is 23.4 Å². The van der Waals surface area contributed by atoms with Crippen molar-refractivity contribution in [3.8, 4) is 0 Å². The van der Waals surface area contributed by atoms with E-state index in [1.165, 1.54) is 0 Å². The Labute approximate surface area is 118 Å². The van der Waals surface area contributed by atoms with Gasteiger partial charge >= 0.3 is 0 Å².